The van der Waals surface area contributed by atoms with E-state index in [0.29, 0.717) is 6.54 Å². The lowest BCUT2D eigenvalue weighted by Gasteiger charge is -2.04. The topological polar surface area (TPSA) is 40.7 Å². The van der Waals surface area contributed by atoms with Crippen molar-refractivity contribution >= 4 is 11.6 Å². The predicted molar refractivity (Wildman–Crippen MR) is 65.4 cm³/mol. The minimum atomic E-state index is -0.375. The number of nitrogens with zero attached hydrogens (tertiary/aromatic N) is 1. The zero-order chi connectivity index (χ0) is 12.1. The Labute approximate surface area is 104 Å². The van der Waals surface area contributed by atoms with Crippen molar-refractivity contribution in [3.8, 4) is 0 Å². The highest BCUT2D eigenvalue weighted by Crippen LogP contribution is 2.15. The summed E-state index contributed by atoms with van der Waals surface area (Å²) in [6.07, 6.45) is 4.32. The van der Waals surface area contributed by atoms with Crippen molar-refractivity contribution in [2.75, 3.05) is 6.54 Å². The summed E-state index contributed by atoms with van der Waals surface area (Å²) < 4.78 is 13.1. The van der Waals surface area contributed by atoms with Gasteiger partial charge in [-0.2, -0.15) is 0 Å². The summed E-state index contributed by atoms with van der Waals surface area (Å²) >= 11 is 5.60. The van der Waals surface area contributed by atoms with Crippen LogP contribution in [0, 0.1) is 5.82 Å². The van der Waals surface area contributed by atoms with Crippen molar-refractivity contribution < 1.29 is 4.39 Å². The molecule has 0 bridgehead atoms. The predicted octanol–water partition coefficient (Wildman–Crippen LogP) is 2.53. The molecule has 5 heteroatoms. The number of benzene rings is 1. The molecule has 90 valence electrons. The SMILES string of the molecule is Fc1cc(CNCCc2cnc[nH]2)ccc1Cl. The molecule has 0 atom stereocenters. The average Bonchev–Trinajstić information content (AvgIpc) is 2.82. The van der Waals surface area contributed by atoms with Gasteiger partial charge in [-0.1, -0.05) is 17.7 Å². The molecule has 0 radical (unpaired) electrons. The first-order chi connectivity index (χ1) is 8.25. The zero-order valence-corrected chi connectivity index (χ0v) is 9.97. The van der Waals surface area contributed by atoms with Gasteiger partial charge in [-0.3, -0.25) is 0 Å². The van der Waals surface area contributed by atoms with Crippen molar-refractivity contribution in [1.82, 2.24) is 15.3 Å². The number of H-pyrrole nitrogens is 1. The molecule has 0 saturated carbocycles. The third-order valence-corrected chi connectivity index (χ3v) is 2.75. The van der Waals surface area contributed by atoms with E-state index in [1.54, 1.807) is 18.6 Å². The Bertz CT molecular complexity index is 471. The Balaban J connectivity index is 1.76. The molecule has 2 N–H and O–H groups in total. The van der Waals surface area contributed by atoms with Gasteiger partial charge < -0.3 is 10.3 Å². The van der Waals surface area contributed by atoms with Gasteiger partial charge in [0.2, 0.25) is 0 Å². The fourth-order valence-electron chi connectivity index (χ4n) is 1.53. The fourth-order valence-corrected chi connectivity index (χ4v) is 1.64. The molecule has 0 aliphatic carbocycles. The Morgan fingerprint density at radius 3 is 3.00 bits per heavy atom. The van der Waals surface area contributed by atoms with E-state index in [1.165, 1.54) is 6.07 Å². The lowest BCUT2D eigenvalue weighted by Crippen LogP contribution is -2.16. The van der Waals surface area contributed by atoms with Crippen molar-refractivity contribution in [2.45, 2.75) is 13.0 Å². The molecule has 0 unspecified atom stereocenters. The van der Waals surface area contributed by atoms with Crippen molar-refractivity contribution in [1.29, 1.82) is 0 Å². The molecule has 0 amide bonds. The Morgan fingerprint density at radius 2 is 2.29 bits per heavy atom. The van der Waals surface area contributed by atoms with Crippen molar-refractivity contribution in [3.05, 3.63) is 52.8 Å². The molecule has 2 aromatic rings. The molecule has 1 aromatic heterocycles. The molecule has 3 nitrogen and oxygen atoms in total. The van der Waals surface area contributed by atoms with Gasteiger partial charge in [-0.15, -0.1) is 0 Å². The highest BCUT2D eigenvalue weighted by Gasteiger charge is 2.00. The summed E-state index contributed by atoms with van der Waals surface area (Å²) in [5.41, 5.74) is 1.97. The van der Waals surface area contributed by atoms with Crippen LogP contribution in [-0.2, 0) is 13.0 Å². The lowest BCUT2D eigenvalue weighted by molar-refractivity contribution is 0.620. The Morgan fingerprint density at radius 1 is 1.41 bits per heavy atom. The van der Waals surface area contributed by atoms with E-state index < -0.39 is 0 Å². The summed E-state index contributed by atoms with van der Waals surface area (Å²) in [6, 6.07) is 4.84. The normalized spacial score (nSPS) is 10.7. The maximum Gasteiger partial charge on any atom is 0.142 e. The van der Waals surface area contributed by atoms with Crippen LogP contribution in [0.25, 0.3) is 0 Å². The minimum absolute atomic E-state index is 0.159. The molecule has 1 aromatic carbocycles. The van der Waals surface area contributed by atoms with Crippen molar-refractivity contribution in [2.24, 2.45) is 0 Å². The number of aromatic amines is 1. The van der Waals surface area contributed by atoms with Crippen LogP contribution in [-0.4, -0.2) is 16.5 Å². The number of halogens is 2. The molecule has 0 aliphatic rings. The Hall–Kier alpha value is -1.39. The molecular weight excluding hydrogens is 241 g/mol. The van der Waals surface area contributed by atoms with E-state index >= 15 is 0 Å². The first-order valence-corrected chi connectivity index (χ1v) is 5.75. The smallest absolute Gasteiger partial charge is 0.142 e. The quantitative estimate of drug-likeness (QED) is 0.804. The van der Waals surface area contributed by atoms with Gasteiger partial charge in [0.25, 0.3) is 0 Å². The van der Waals surface area contributed by atoms with Crippen LogP contribution < -0.4 is 5.32 Å². The third kappa shape index (κ3) is 3.54. The van der Waals surface area contributed by atoms with Crippen LogP contribution in [0.1, 0.15) is 11.3 Å². The molecule has 17 heavy (non-hydrogen) atoms. The van der Waals surface area contributed by atoms with Gasteiger partial charge >= 0.3 is 0 Å². The second-order valence-electron chi connectivity index (χ2n) is 3.75. The van der Waals surface area contributed by atoms with E-state index in [4.69, 9.17) is 11.6 Å². The van der Waals surface area contributed by atoms with E-state index in [0.717, 1.165) is 24.2 Å². The second-order valence-corrected chi connectivity index (χ2v) is 4.16. The van der Waals surface area contributed by atoms with Crippen LogP contribution in [0.2, 0.25) is 5.02 Å². The van der Waals surface area contributed by atoms with Crippen LogP contribution in [0.15, 0.2) is 30.7 Å². The van der Waals surface area contributed by atoms with E-state index in [2.05, 4.69) is 15.3 Å². The van der Waals surface area contributed by atoms with Crippen LogP contribution in [0.4, 0.5) is 4.39 Å². The number of aromatic nitrogens is 2. The van der Waals surface area contributed by atoms with Crippen molar-refractivity contribution in [3.63, 3.8) is 0 Å². The summed E-state index contributed by atoms with van der Waals surface area (Å²) in [7, 11) is 0. The first-order valence-electron chi connectivity index (χ1n) is 5.37. The lowest BCUT2D eigenvalue weighted by atomic mass is 10.2. The van der Waals surface area contributed by atoms with Crippen LogP contribution >= 0.6 is 11.6 Å². The highest BCUT2D eigenvalue weighted by atomic mass is 35.5. The van der Waals surface area contributed by atoms with Gasteiger partial charge in [0, 0.05) is 31.4 Å². The molecule has 1 heterocycles. The van der Waals surface area contributed by atoms with Crippen LogP contribution in [0.5, 0.6) is 0 Å². The molecule has 0 saturated heterocycles. The molecule has 0 fully saturated rings. The van der Waals surface area contributed by atoms with E-state index in [9.17, 15) is 4.39 Å². The van der Waals surface area contributed by atoms with Gasteiger partial charge in [0.1, 0.15) is 5.82 Å². The number of rotatable bonds is 5. The summed E-state index contributed by atoms with van der Waals surface area (Å²) in [4.78, 5) is 6.96. The molecular formula is C12H13ClFN3. The maximum atomic E-state index is 13.1. The summed E-state index contributed by atoms with van der Waals surface area (Å²) in [5.74, 6) is -0.375. The summed E-state index contributed by atoms with van der Waals surface area (Å²) in [6.45, 7) is 1.44. The van der Waals surface area contributed by atoms with E-state index in [-0.39, 0.29) is 10.8 Å². The standard InChI is InChI=1S/C12H13ClFN3/c13-11-2-1-9(5-12(11)14)6-15-4-3-10-7-16-8-17-10/h1-2,5,7-8,15H,3-4,6H2,(H,16,17). The van der Waals surface area contributed by atoms with Gasteiger partial charge in [-0.25, -0.2) is 9.37 Å². The first kappa shape index (κ1) is 12.1. The molecule has 0 aliphatic heterocycles. The monoisotopic (exact) mass is 253 g/mol. The van der Waals surface area contributed by atoms with Gasteiger partial charge in [0.15, 0.2) is 0 Å². The highest BCUT2D eigenvalue weighted by molar-refractivity contribution is 6.30. The van der Waals surface area contributed by atoms with E-state index in [1.807, 2.05) is 6.07 Å². The average molecular weight is 254 g/mol. The summed E-state index contributed by atoms with van der Waals surface area (Å²) in [5, 5.41) is 3.39. The number of hydrogen-bond acceptors (Lipinski definition) is 2. The van der Waals surface area contributed by atoms with Gasteiger partial charge in [-0.05, 0) is 17.7 Å². The van der Waals surface area contributed by atoms with Crippen LogP contribution in [0.3, 0.4) is 0 Å². The largest absolute Gasteiger partial charge is 0.348 e. The maximum absolute atomic E-state index is 13.1. The van der Waals surface area contributed by atoms with Gasteiger partial charge in [0.05, 0.1) is 11.3 Å². The molecule has 0 spiro atoms. The number of imidazole rings is 1. The fraction of sp³-hybridized carbons (Fsp3) is 0.250. The minimum Gasteiger partial charge on any atom is -0.348 e. The third-order valence-electron chi connectivity index (χ3n) is 2.44. The number of hydrogen-bond donors (Lipinski definition) is 2. The second kappa shape index (κ2) is 5.80. The zero-order valence-electron chi connectivity index (χ0n) is 9.21. The Kier molecular flexibility index (Phi) is 4.12. The molecule has 2 rings (SSSR count). The number of nitrogens with one attached hydrogen (secondary N) is 2.